The molecule has 1 amide bonds. The summed E-state index contributed by atoms with van der Waals surface area (Å²) < 4.78 is 0. The van der Waals surface area contributed by atoms with Gasteiger partial charge in [-0.25, -0.2) is 0 Å². The molecule has 0 aliphatic carbocycles. The lowest BCUT2D eigenvalue weighted by molar-refractivity contribution is -0.124. The van der Waals surface area contributed by atoms with E-state index in [2.05, 4.69) is 49.3 Å². The highest BCUT2D eigenvalue weighted by Crippen LogP contribution is 2.40. The smallest absolute Gasteiger partial charge is 0.237 e. The number of rotatable bonds is 6. The number of hydrogen-bond donors (Lipinski definition) is 4. The average molecular weight is 468 g/mol. The third-order valence-electron chi connectivity index (χ3n) is 8.13. The highest BCUT2D eigenvalue weighted by atomic mass is 16.3. The summed E-state index contributed by atoms with van der Waals surface area (Å²) in [6.07, 6.45) is 1.65. The van der Waals surface area contributed by atoms with Crippen molar-refractivity contribution < 1.29 is 15.0 Å². The summed E-state index contributed by atoms with van der Waals surface area (Å²) in [6.45, 7) is 12.3. The van der Waals surface area contributed by atoms with Gasteiger partial charge in [0.05, 0.1) is 6.04 Å². The van der Waals surface area contributed by atoms with Crippen LogP contribution in [0.25, 0.3) is 0 Å². The Morgan fingerprint density at radius 1 is 1.18 bits per heavy atom. The van der Waals surface area contributed by atoms with E-state index in [9.17, 15) is 15.0 Å². The van der Waals surface area contributed by atoms with Gasteiger partial charge in [0.15, 0.2) is 0 Å². The second kappa shape index (κ2) is 9.96. The van der Waals surface area contributed by atoms with Crippen LogP contribution in [0.3, 0.4) is 0 Å². The fraction of sp³-hybridized carbons (Fsp3) is 0.536. The van der Waals surface area contributed by atoms with Gasteiger partial charge < -0.3 is 25.7 Å². The first kappa shape index (κ1) is 24.6. The third kappa shape index (κ3) is 5.23. The molecule has 34 heavy (non-hydrogen) atoms. The number of benzene rings is 2. The molecule has 2 aliphatic rings. The number of aromatic hydroxyl groups is 2. The van der Waals surface area contributed by atoms with Crippen LogP contribution >= 0.6 is 0 Å². The molecule has 184 valence electrons. The van der Waals surface area contributed by atoms with E-state index in [-0.39, 0.29) is 29.2 Å². The van der Waals surface area contributed by atoms with E-state index in [4.69, 9.17) is 0 Å². The van der Waals surface area contributed by atoms with E-state index in [0.29, 0.717) is 30.6 Å². The van der Waals surface area contributed by atoms with Crippen molar-refractivity contribution >= 4 is 5.91 Å². The topological polar surface area (TPSA) is 84.8 Å². The van der Waals surface area contributed by atoms with E-state index in [1.807, 2.05) is 18.2 Å². The van der Waals surface area contributed by atoms with Gasteiger partial charge in [0.1, 0.15) is 11.5 Å². The van der Waals surface area contributed by atoms with Gasteiger partial charge in [-0.15, -0.1) is 0 Å². The number of carbonyl (C=O) groups is 1. The molecule has 2 aliphatic heterocycles. The highest BCUT2D eigenvalue weighted by molar-refractivity contribution is 5.82. The Bertz CT molecular complexity index is 1020. The van der Waals surface area contributed by atoms with E-state index in [1.54, 1.807) is 18.2 Å². The molecule has 2 aromatic carbocycles. The number of amides is 1. The minimum absolute atomic E-state index is 0.0274. The van der Waals surface area contributed by atoms with E-state index >= 15 is 0 Å². The Labute approximate surface area is 203 Å². The van der Waals surface area contributed by atoms with Crippen molar-refractivity contribution in [3.8, 4) is 11.5 Å². The molecule has 0 unspecified atom stereocenters. The molecule has 1 fully saturated rings. The first-order valence-electron chi connectivity index (χ1n) is 12.5. The summed E-state index contributed by atoms with van der Waals surface area (Å²) in [5.41, 5.74) is 3.40. The number of phenols is 2. The summed E-state index contributed by atoms with van der Waals surface area (Å²) in [6, 6.07) is 12.9. The lowest BCUT2D eigenvalue weighted by Crippen LogP contribution is -2.56. The number of likely N-dealkylation sites (tertiary alicyclic amines) is 1. The molecule has 0 spiro atoms. The molecule has 2 aromatic rings. The van der Waals surface area contributed by atoms with Crippen LogP contribution in [0.2, 0.25) is 0 Å². The van der Waals surface area contributed by atoms with Crippen molar-refractivity contribution in [3.63, 3.8) is 0 Å². The monoisotopic (exact) mass is 467 g/mol. The van der Waals surface area contributed by atoms with Crippen LogP contribution in [0.15, 0.2) is 42.5 Å². The van der Waals surface area contributed by atoms with Gasteiger partial charge in [0, 0.05) is 25.7 Å². The SMILES string of the molecule is CC(C)[C@@H](CN1CC[C@@](C)(c2cccc(O)c2)[C@@H](C)C1)N[14C](=O)[C@H]1Cc2ccc(O)cc2CN1. The van der Waals surface area contributed by atoms with Crippen molar-refractivity contribution in [2.24, 2.45) is 11.8 Å². The summed E-state index contributed by atoms with van der Waals surface area (Å²) in [5.74, 6) is 1.39. The molecule has 2 heterocycles. The van der Waals surface area contributed by atoms with Gasteiger partial charge >= 0.3 is 0 Å². The number of hydrogen-bond acceptors (Lipinski definition) is 5. The van der Waals surface area contributed by atoms with Crippen LogP contribution in [-0.4, -0.2) is 52.7 Å². The molecule has 4 atom stereocenters. The number of piperidine rings is 1. The summed E-state index contributed by atoms with van der Waals surface area (Å²) in [7, 11) is 0. The third-order valence-corrected chi connectivity index (χ3v) is 8.13. The van der Waals surface area contributed by atoms with Gasteiger partial charge in [-0.1, -0.05) is 45.9 Å². The number of nitrogens with zero attached hydrogens (tertiary/aromatic N) is 1. The molecule has 1 saturated heterocycles. The Morgan fingerprint density at radius 2 is 1.94 bits per heavy atom. The van der Waals surface area contributed by atoms with Gasteiger partial charge in [0.25, 0.3) is 0 Å². The molecular weight excluding hydrogens is 428 g/mol. The number of nitrogens with one attached hydrogen (secondary N) is 2. The maximum atomic E-state index is 13.2. The predicted octanol–water partition coefficient (Wildman–Crippen LogP) is 3.55. The minimum atomic E-state index is -0.257. The van der Waals surface area contributed by atoms with Crippen molar-refractivity contribution in [2.75, 3.05) is 19.6 Å². The lowest BCUT2D eigenvalue weighted by Gasteiger charge is -2.46. The molecule has 6 heteroatoms. The average Bonchev–Trinajstić information content (AvgIpc) is 2.80. The van der Waals surface area contributed by atoms with Crippen LogP contribution in [-0.2, 0) is 23.2 Å². The largest absolute Gasteiger partial charge is 0.508 e. The maximum Gasteiger partial charge on any atom is 0.237 e. The Morgan fingerprint density at radius 3 is 2.65 bits per heavy atom. The van der Waals surface area contributed by atoms with E-state index in [1.165, 1.54) is 5.56 Å². The molecule has 0 radical (unpaired) electrons. The summed E-state index contributed by atoms with van der Waals surface area (Å²) >= 11 is 0. The Kier molecular flexibility index (Phi) is 7.20. The summed E-state index contributed by atoms with van der Waals surface area (Å²) in [5, 5.41) is 26.3. The quantitative estimate of drug-likeness (QED) is 0.522. The fourth-order valence-corrected chi connectivity index (χ4v) is 5.44. The zero-order valence-electron chi connectivity index (χ0n) is 20.8. The predicted molar refractivity (Wildman–Crippen MR) is 135 cm³/mol. The lowest BCUT2D eigenvalue weighted by atomic mass is 9.68. The Balaban J connectivity index is 1.36. The minimum Gasteiger partial charge on any atom is -0.508 e. The second-order valence-corrected chi connectivity index (χ2v) is 10.8. The van der Waals surface area contributed by atoms with Crippen molar-refractivity contribution in [2.45, 2.75) is 64.6 Å². The van der Waals surface area contributed by atoms with Crippen LogP contribution in [0.1, 0.15) is 50.8 Å². The van der Waals surface area contributed by atoms with Crippen LogP contribution in [0.5, 0.6) is 11.5 Å². The molecule has 4 rings (SSSR count). The first-order valence-corrected chi connectivity index (χ1v) is 12.5. The van der Waals surface area contributed by atoms with Crippen molar-refractivity contribution in [1.29, 1.82) is 0 Å². The van der Waals surface area contributed by atoms with Crippen LogP contribution in [0, 0.1) is 11.8 Å². The van der Waals surface area contributed by atoms with Gasteiger partial charge in [-0.2, -0.15) is 0 Å². The number of phenolic OH excluding ortho intramolecular Hbond substituents is 2. The zero-order valence-corrected chi connectivity index (χ0v) is 20.8. The van der Waals surface area contributed by atoms with Gasteiger partial charge in [0.2, 0.25) is 5.91 Å². The normalized spacial score (nSPS) is 26.1. The standard InChI is InChI=1S/C28H39N3O3/c1-18(2)26(30-27(34)25-13-20-8-9-24(33)12-21(20)15-29-25)17-31-11-10-28(4,19(3)16-31)22-6-5-7-23(32)14-22/h5-9,12,14,18-19,25-26,29,32-33H,10-11,13,15-17H2,1-4H3,(H,30,34)/t19-,25+,26+,28+/m0/s1/i27+2. The van der Waals surface area contributed by atoms with Crippen LogP contribution in [0.4, 0.5) is 0 Å². The molecular formula is C28H39N3O3. The Hall–Kier alpha value is -2.57. The summed E-state index contributed by atoms with van der Waals surface area (Å²) in [4.78, 5) is 15.6. The van der Waals surface area contributed by atoms with Crippen molar-refractivity contribution in [3.05, 3.63) is 59.2 Å². The first-order chi connectivity index (χ1) is 16.2. The number of fused-ring (bicyclic) bond motifs is 1. The molecule has 6 nitrogen and oxygen atoms in total. The molecule has 0 bridgehead atoms. The maximum absolute atomic E-state index is 13.2. The van der Waals surface area contributed by atoms with Crippen molar-refractivity contribution in [1.82, 2.24) is 15.5 Å². The molecule has 4 N–H and O–H groups in total. The molecule has 0 aromatic heterocycles. The second-order valence-electron chi connectivity index (χ2n) is 10.8. The molecule has 0 saturated carbocycles. The van der Waals surface area contributed by atoms with Crippen LogP contribution < -0.4 is 10.6 Å². The fourth-order valence-electron chi connectivity index (χ4n) is 5.44. The zero-order chi connectivity index (χ0) is 24.5. The highest BCUT2D eigenvalue weighted by Gasteiger charge is 2.39. The van der Waals surface area contributed by atoms with Gasteiger partial charge in [-0.3, -0.25) is 4.79 Å². The van der Waals surface area contributed by atoms with Gasteiger partial charge in [-0.05, 0) is 77.6 Å². The number of carbonyl (C=O) groups excluding carboxylic acids is 1. The van der Waals surface area contributed by atoms with E-state index < -0.39 is 0 Å². The van der Waals surface area contributed by atoms with E-state index in [0.717, 1.165) is 37.2 Å².